The van der Waals surface area contributed by atoms with Crippen LogP contribution >= 0.6 is 0 Å². The molecule has 0 aliphatic carbocycles. The monoisotopic (exact) mass is 207 g/mol. The Kier molecular flexibility index (Phi) is 3.06. The van der Waals surface area contributed by atoms with Gasteiger partial charge in [-0.3, -0.25) is 0 Å². The molecule has 1 aliphatic rings. The second-order valence-electron chi connectivity index (χ2n) is 3.78. The van der Waals surface area contributed by atoms with Crippen molar-refractivity contribution >= 4 is 5.82 Å². The van der Waals surface area contributed by atoms with Crippen LogP contribution in [-0.2, 0) is 0 Å². The maximum Gasteiger partial charge on any atom is 0.214 e. The Hall–Kier alpha value is -1.29. The summed E-state index contributed by atoms with van der Waals surface area (Å²) in [7, 11) is 1.65. The van der Waals surface area contributed by atoms with Crippen LogP contribution in [0.2, 0.25) is 0 Å². The van der Waals surface area contributed by atoms with E-state index < -0.39 is 0 Å². The molecule has 1 saturated heterocycles. The van der Waals surface area contributed by atoms with Crippen LogP contribution in [0.25, 0.3) is 0 Å². The number of piperazine rings is 1. The zero-order chi connectivity index (χ0) is 10.7. The van der Waals surface area contributed by atoms with E-state index in [-0.39, 0.29) is 0 Å². The molecule has 4 heteroatoms. The van der Waals surface area contributed by atoms with E-state index in [0.717, 1.165) is 25.5 Å². The first-order chi connectivity index (χ1) is 7.31. The van der Waals surface area contributed by atoms with Crippen molar-refractivity contribution in [3.63, 3.8) is 0 Å². The lowest BCUT2D eigenvalue weighted by Crippen LogP contribution is -2.50. The molecule has 2 rings (SSSR count). The lowest BCUT2D eigenvalue weighted by Gasteiger charge is -2.34. The van der Waals surface area contributed by atoms with Gasteiger partial charge >= 0.3 is 0 Å². The van der Waals surface area contributed by atoms with Gasteiger partial charge in [0, 0.05) is 31.7 Å². The van der Waals surface area contributed by atoms with Gasteiger partial charge in [-0.25, -0.2) is 0 Å². The Labute approximate surface area is 90.3 Å². The lowest BCUT2D eigenvalue weighted by molar-refractivity contribution is 0.396. The van der Waals surface area contributed by atoms with E-state index in [0.29, 0.717) is 11.9 Å². The smallest absolute Gasteiger partial charge is 0.214 e. The van der Waals surface area contributed by atoms with Gasteiger partial charge in [-0.2, -0.15) is 4.98 Å². The van der Waals surface area contributed by atoms with Crippen LogP contribution in [-0.4, -0.2) is 37.8 Å². The van der Waals surface area contributed by atoms with E-state index in [9.17, 15) is 0 Å². The summed E-state index contributed by atoms with van der Waals surface area (Å²) in [4.78, 5) is 6.75. The van der Waals surface area contributed by atoms with Gasteiger partial charge in [-0.15, -0.1) is 0 Å². The van der Waals surface area contributed by atoms with E-state index in [1.807, 2.05) is 18.2 Å². The maximum atomic E-state index is 5.13. The molecule has 0 radical (unpaired) electrons. The molecule has 2 heterocycles. The van der Waals surface area contributed by atoms with Crippen LogP contribution in [0.15, 0.2) is 18.2 Å². The molecule has 0 aromatic carbocycles. The number of ether oxygens (including phenoxy) is 1. The SMILES string of the molecule is COc1cccc(N2CCNC[C@H]2C)n1. The zero-order valence-electron chi connectivity index (χ0n) is 9.23. The molecular weight excluding hydrogens is 190 g/mol. The molecule has 0 bridgehead atoms. The Morgan fingerprint density at radius 1 is 1.53 bits per heavy atom. The molecule has 0 amide bonds. The fourth-order valence-electron chi connectivity index (χ4n) is 1.86. The summed E-state index contributed by atoms with van der Waals surface area (Å²) in [6, 6.07) is 6.37. The zero-order valence-corrected chi connectivity index (χ0v) is 9.23. The highest BCUT2D eigenvalue weighted by molar-refractivity contribution is 5.42. The first-order valence-electron chi connectivity index (χ1n) is 5.29. The molecule has 1 aromatic rings. The minimum atomic E-state index is 0.485. The Balaban J connectivity index is 2.19. The Morgan fingerprint density at radius 3 is 3.13 bits per heavy atom. The van der Waals surface area contributed by atoms with Gasteiger partial charge in [0.05, 0.1) is 7.11 Å². The summed E-state index contributed by atoms with van der Waals surface area (Å²) < 4.78 is 5.13. The number of nitrogens with one attached hydrogen (secondary N) is 1. The van der Waals surface area contributed by atoms with Crippen LogP contribution in [0, 0.1) is 0 Å². The molecular formula is C11H17N3O. The van der Waals surface area contributed by atoms with E-state index in [2.05, 4.69) is 22.1 Å². The summed E-state index contributed by atoms with van der Waals surface area (Å²) in [5, 5.41) is 3.36. The lowest BCUT2D eigenvalue weighted by atomic mass is 10.2. The fourth-order valence-corrected chi connectivity index (χ4v) is 1.86. The highest BCUT2D eigenvalue weighted by atomic mass is 16.5. The first kappa shape index (κ1) is 10.2. The fraction of sp³-hybridized carbons (Fsp3) is 0.545. The van der Waals surface area contributed by atoms with Crippen LogP contribution < -0.4 is 15.0 Å². The molecule has 1 aromatic heterocycles. The summed E-state index contributed by atoms with van der Waals surface area (Å²) in [6.07, 6.45) is 0. The summed E-state index contributed by atoms with van der Waals surface area (Å²) >= 11 is 0. The number of nitrogens with zero attached hydrogens (tertiary/aromatic N) is 2. The summed E-state index contributed by atoms with van der Waals surface area (Å²) in [5.74, 6) is 1.68. The second kappa shape index (κ2) is 4.49. The topological polar surface area (TPSA) is 37.4 Å². The van der Waals surface area contributed by atoms with Gasteiger partial charge in [0.25, 0.3) is 0 Å². The third kappa shape index (κ3) is 2.21. The van der Waals surface area contributed by atoms with Gasteiger partial charge in [-0.05, 0) is 13.0 Å². The summed E-state index contributed by atoms with van der Waals surface area (Å²) in [6.45, 7) is 5.23. The minimum absolute atomic E-state index is 0.485. The van der Waals surface area contributed by atoms with E-state index in [1.165, 1.54) is 0 Å². The highest BCUT2D eigenvalue weighted by Crippen LogP contribution is 2.18. The van der Waals surface area contributed by atoms with Crippen molar-refractivity contribution in [2.24, 2.45) is 0 Å². The summed E-state index contributed by atoms with van der Waals surface area (Å²) in [5.41, 5.74) is 0. The van der Waals surface area contributed by atoms with Gasteiger partial charge in [0.15, 0.2) is 0 Å². The van der Waals surface area contributed by atoms with Crippen molar-refractivity contribution in [1.82, 2.24) is 10.3 Å². The maximum absolute atomic E-state index is 5.13. The largest absolute Gasteiger partial charge is 0.481 e. The molecule has 1 N–H and O–H groups in total. The van der Waals surface area contributed by atoms with Gasteiger partial charge < -0.3 is 15.0 Å². The van der Waals surface area contributed by atoms with Crippen molar-refractivity contribution in [2.75, 3.05) is 31.6 Å². The molecule has 4 nitrogen and oxygen atoms in total. The van der Waals surface area contributed by atoms with Crippen LogP contribution in [0.1, 0.15) is 6.92 Å². The third-order valence-electron chi connectivity index (χ3n) is 2.71. The van der Waals surface area contributed by atoms with Crippen molar-refractivity contribution in [1.29, 1.82) is 0 Å². The van der Waals surface area contributed by atoms with Gasteiger partial charge in [-0.1, -0.05) is 6.07 Å². The number of hydrogen-bond donors (Lipinski definition) is 1. The average molecular weight is 207 g/mol. The first-order valence-corrected chi connectivity index (χ1v) is 5.29. The number of methoxy groups -OCH3 is 1. The van der Waals surface area contributed by atoms with Gasteiger partial charge in [0.2, 0.25) is 5.88 Å². The number of aromatic nitrogens is 1. The predicted octanol–water partition coefficient (Wildman–Crippen LogP) is 0.888. The van der Waals surface area contributed by atoms with Crippen molar-refractivity contribution in [2.45, 2.75) is 13.0 Å². The van der Waals surface area contributed by atoms with Gasteiger partial charge in [0.1, 0.15) is 5.82 Å². The molecule has 82 valence electrons. The number of hydrogen-bond acceptors (Lipinski definition) is 4. The quantitative estimate of drug-likeness (QED) is 0.781. The third-order valence-corrected chi connectivity index (χ3v) is 2.71. The molecule has 1 fully saturated rings. The Morgan fingerprint density at radius 2 is 2.40 bits per heavy atom. The molecule has 0 unspecified atom stereocenters. The van der Waals surface area contributed by atoms with Crippen molar-refractivity contribution in [3.05, 3.63) is 18.2 Å². The van der Waals surface area contributed by atoms with Crippen molar-refractivity contribution < 1.29 is 4.74 Å². The number of rotatable bonds is 2. The number of pyridine rings is 1. The minimum Gasteiger partial charge on any atom is -0.481 e. The molecule has 1 aliphatic heterocycles. The van der Waals surface area contributed by atoms with Crippen LogP contribution in [0.5, 0.6) is 5.88 Å². The van der Waals surface area contributed by atoms with E-state index >= 15 is 0 Å². The molecule has 15 heavy (non-hydrogen) atoms. The van der Waals surface area contributed by atoms with Crippen LogP contribution in [0.3, 0.4) is 0 Å². The molecule has 0 saturated carbocycles. The average Bonchev–Trinajstić information content (AvgIpc) is 2.30. The molecule has 1 atom stereocenters. The van der Waals surface area contributed by atoms with Crippen molar-refractivity contribution in [3.8, 4) is 5.88 Å². The highest BCUT2D eigenvalue weighted by Gasteiger charge is 2.19. The number of anilines is 1. The van der Waals surface area contributed by atoms with Crippen LogP contribution in [0.4, 0.5) is 5.82 Å². The standard InChI is InChI=1S/C11H17N3O/c1-9-8-12-6-7-14(9)10-4-3-5-11(13-10)15-2/h3-5,9,12H,6-8H2,1-2H3/t9-/m1/s1. The normalized spacial score (nSPS) is 21.5. The van der Waals surface area contributed by atoms with E-state index in [1.54, 1.807) is 7.11 Å². The Bertz CT molecular complexity index is 329. The second-order valence-corrected chi connectivity index (χ2v) is 3.78. The molecule has 0 spiro atoms. The predicted molar refractivity (Wildman–Crippen MR) is 60.5 cm³/mol. The van der Waals surface area contributed by atoms with E-state index in [4.69, 9.17) is 4.74 Å².